The van der Waals surface area contributed by atoms with Gasteiger partial charge in [0.1, 0.15) is 0 Å². The fourth-order valence-electron chi connectivity index (χ4n) is 3.03. The Morgan fingerprint density at radius 3 is 2.55 bits per heavy atom. The summed E-state index contributed by atoms with van der Waals surface area (Å²) in [7, 11) is -6.00. The minimum absolute atomic E-state index is 0.253. The number of nitrogens with one attached hydrogen (secondary N) is 1. The fourth-order valence-corrected chi connectivity index (χ4v) is 5.77. The lowest BCUT2D eigenvalue weighted by atomic mass is 10.00. The summed E-state index contributed by atoms with van der Waals surface area (Å²) in [4.78, 5) is 0. The van der Waals surface area contributed by atoms with Crippen molar-refractivity contribution in [3.63, 3.8) is 0 Å². The first-order chi connectivity index (χ1) is 9.29. The van der Waals surface area contributed by atoms with Gasteiger partial charge in [-0.25, -0.2) is 21.1 Å². The summed E-state index contributed by atoms with van der Waals surface area (Å²) >= 11 is 0. The summed E-state index contributed by atoms with van der Waals surface area (Å²) < 4.78 is 48.0. The maximum Gasteiger partial charge on any atom is 0.211 e. The minimum atomic E-state index is -3.11. The van der Waals surface area contributed by atoms with Gasteiger partial charge < -0.3 is 5.32 Å². The molecule has 2 atom stereocenters. The van der Waals surface area contributed by atoms with Crippen molar-refractivity contribution in [2.45, 2.75) is 30.9 Å². The highest BCUT2D eigenvalue weighted by Crippen LogP contribution is 2.20. The molecule has 2 unspecified atom stereocenters. The molecule has 0 aromatic rings. The Kier molecular flexibility index (Phi) is 5.09. The maximum absolute atomic E-state index is 11.7. The molecule has 0 spiro atoms. The van der Waals surface area contributed by atoms with Gasteiger partial charge in [0.2, 0.25) is 10.0 Å². The third-order valence-electron chi connectivity index (χ3n) is 4.22. The molecule has 118 valence electrons. The van der Waals surface area contributed by atoms with E-state index in [-0.39, 0.29) is 11.2 Å². The van der Waals surface area contributed by atoms with E-state index >= 15 is 0 Å². The van der Waals surface area contributed by atoms with Gasteiger partial charge >= 0.3 is 0 Å². The zero-order chi connectivity index (χ0) is 14.8. The monoisotopic (exact) mass is 324 g/mol. The van der Waals surface area contributed by atoms with Crippen LogP contribution < -0.4 is 5.32 Å². The lowest BCUT2D eigenvalue weighted by Crippen LogP contribution is -2.43. The number of piperidine rings is 1. The molecule has 0 amide bonds. The normalized spacial score (nSPS) is 31.4. The molecule has 8 heteroatoms. The van der Waals surface area contributed by atoms with Gasteiger partial charge in [0.25, 0.3) is 0 Å². The average Bonchev–Trinajstić information content (AvgIpc) is 2.68. The van der Waals surface area contributed by atoms with Crippen molar-refractivity contribution in [2.75, 3.05) is 38.2 Å². The van der Waals surface area contributed by atoms with Crippen LogP contribution in [0.15, 0.2) is 0 Å². The predicted octanol–water partition coefficient (Wildman–Crippen LogP) is -0.175. The Morgan fingerprint density at radius 1 is 1.20 bits per heavy atom. The van der Waals surface area contributed by atoms with Gasteiger partial charge in [0.15, 0.2) is 9.84 Å². The van der Waals surface area contributed by atoms with Gasteiger partial charge in [-0.05, 0) is 38.1 Å². The van der Waals surface area contributed by atoms with Gasteiger partial charge in [0.05, 0.1) is 17.3 Å². The van der Waals surface area contributed by atoms with E-state index in [1.807, 2.05) is 0 Å². The molecule has 0 saturated carbocycles. The van der Waals surface area contributed by atoms with Gasteiger partial charge in [-0.3, -0.25) is 0 Å². The number of sulfone groups is 1. The number of hydrogen-bond donors (Lipinski definition) is 1. The molecule has 0 aromatic carbocycles. The zero-order valence-corrected chi connectivity index (χ0v) is 13.5. The van der Waals surface area contributed by atoms with Crippen LogP contribution in [-0.2, 0) is 19.9 Å². The minimum Gasteiger partial charge on any atom is -0.315 e. The average molecular weight is 324 g/mol. The first kappa shape index (κ1) is 16.2. The smallest absolute Gasteiger partial charge is 0.211 e. The van der Waals surface area contributed by atoms with Gasteiger partial charge in [-0.1, -0.05) is 0 Å². The summed E-state index contributed by atoms with van der Waals surface area (Å²) in [6, 6.07) is 0. The van der Waals surface area contributed by atoms with E-state index in [9.17, 15) is 16.8 Å². The second-order valence-electron chi connectivity index (χ2n) is 5.92. The van der Waals surface area contributed by atoms with Crippen molar-refractivity contribution >= 4 is 19.9 Å². The van der Waals surface area contributed by atoms with Gasteiger partial charge in [-0.15, -0.1) is 0 Å². The van der Waals surface area contributed by atoms with Crippen molar-refractivity contribution in [3.05, 3.63) is 0 Å². The topological polar surface area (TPSA) is 83.6 Å². The lowest BCUT2D eigenvalue weighted by molar-refractivity contribution is 0.261. The van der Waals surface area contributed by atoms with E-state index in [2.05, 4.69) is 5.32 Å². The van der Waals surface area contributed by atoms with Crippen molar-refractivity contribution in [1.82, 2.24) is 9.62 Å². The Balaban J connectivity index is 1.77. The SMILES string of the molecule is CS(=O)(=O)N1CCCC(CNCC2CCCS2(=O)=O)C1. The number of hydrogen-bond acceptors (Lipinski definition) is 5. The number of rotatable bonds is 5. The number of nitrogens with zero attached hydrogens (tertiary/aromatic N) is 1. The van der Waals surface area contributed by atoms with E-state index in [4.69, 9.17) is 0 Å². The largest absolute Gasteiger partial charge is 0.315 e. The van der Waals surface area contributed by atoms with E-state index in [1.54, 1.807) is 0 Å². The lowest BCUT2D eigenvalue weighted by Gasteiger charge is -2.31. The summed E-state index contributed by atoms with van der Waals surface area (Å²) in [5, 5.41) is 2.97. The second kappa shape index (κ2) is 6.29. The van der Waals surface area contributed by atoms with Crippen molar-refractivity contribution in [1.29, 1.82) is 0 Å². The van der Waals surface area contributed by atoms with Crippen LogP contribution in [0.2, 0.25) is 0 Å². The van der Waals surface area contributed by atoms with Crippen LogP contribution in [0.1, 0.15) is 25.7 Å². The molecule has 2 fully saturated rings. The summed E-state index contributed by atoms with van der Waals surface area (Å²) in [6.07, 6.45) is 4.63. The molecule has 2 aliphatic rings. The molecule has 2 heterocycles. The third kappa shape index (κ3) is 4.16. The fraction of sp³-hybridized carbons (Fsp3) is 1.00. The molecule has 0 aliphatic carbocycles. The van der Waals surface area contributed by atoms with Crippen LogP contribution in [0.5, 0.6) is 0 Å². The van der Waals surface area contributed by atoms with Crippen LogP contribution in [0, 0.1) is 5.92 Å². The Bertz CT molecular complexity index is 530. The molecule has 2 rings (SSSR count). The van der Waals surface area contributed by atoms with E-state index in [0.29, 0.717) is 31.9 Å². The van der Waals surface area contributed by atoms with Crippen LogP contribution in [0.3, 0.4) is 0 Å². The van der Waals surface area contributed by atoms with Gasteiger partial charge in [0, 0.05) is 19.6 Å². The molecule has 0 bridgehead atoms. The molecule has 20 heavy (non-hydrogen) atoms. The molecule has 1 N–H and O–H groups in total. The molecule has 2 aliphatic heterocycles. The van der Waals surface area contributed by atoms with Crippen LogP contribution in [0.25, 0.3) is 0 Å². The molecule has 0 aromatic heterocycles. The standard InChI is InChI=1S/C12H24N2O4S2/c1-19(15,16)14-6-2-4-11(10-14)8-13-9-12-5-3-7-20(12,17)18/h11-13H,2-10H2,1H3. The molecule has 2 saturated heterocycles. The van der Waals surface area contributed by atoms with Crippen molar-refractivity contribution in [3.8, 4) is 0 Å². The highest BCUT2D eigenvalue weighted by atomic mass is 32.2. The van der Waals surface area contributed by atoms with Gasteiger partial charge in [-0.2, -0.15) is 0 Å². The second-order valence-corrected chi connectivity index (χ2v) is 10.3. The van der Waals surface area contributed by atoms with E-state index < -0.39 is 19.9 Å². The van der Waals surface area contributed by atoms with Crippen molar-refractivity contribution in [2.24, 2.45) is 5.92 Å². The van der Waals surface area contributed by atoms with E-state index in [1.165, 1.54) is 10.6 Å². The predicted molar refractivity (Wildman–Crippen MR) is 78.8 cm³/mol. The number of sulfonamides is 1. The molecule has 6 nitrogen and oxygen atoms in total. The maximum atomic E-state index is 11.7. The van der Waals surface area contributed by atoms with Crippen molar-refractivity contribution < 1.29 is 16.8 Å². The highest BCUT2D eigenvalue weighted by Gasteiger charge is 2.31. The van der Waals surface area contributed by atoms with Crippen LogP contribution in [0.4, 0.5) is 0 Å². The zero-order valence-electron chi connectivity index (χ0n) is 11.9. The van der Waals surface area contributed by atoms with Crippen LogP contribution >= 0.6 is 0 Å². The third-order valence-corrected chi connectivity index (χ3v) is 7.76. The molecule has 0 radical (unpaired) electrons. The molecular formula is C12H24N2O4S2. The summed E-state index contributed by atoms with van der Waals surface area (Å²) in [6.45, 7) is 2.34. The Labute approximate surface area is 121 Å². The Morgan fingerprint density at radius 2 is 1.95 bits per heavy atom. The summed E-state index contributed by atoms with van der Waals surface area (Å²) in [5.41, 5.74) is 0. The first-order valence-corrected chi connectivity index (χ1v) is 10.7. The molecular weight excluding hydrogens is 300 g/mol. The quantitative estimate of drug-likeness (QED) is 0.759. The van der Waals surface area contributed by atoms with E-state index in [0.717, 1.165) is 25.7 Å². The first-order valence-electron chi connectivity index (χ1n) is 7.16. The highest BCUT2D eigenvalue weighted by molar-refractivity contribution is 7.92. The summed E-state index contributed by atoms with van der Waals surface area (Å²) in [5.74, 6) is 0.590. The Hall–Kier alpha value is -0.180. The van der Waals surface area contributed by atoms with Crippen LogP contribution in [-0.4, -0.2) is 64.6 Å².